The molecule has 0 aliphatic carbocycles. The van der Waals surface area contributed by atoms with Crippen molar-refractivity contribution in [2.45, 2.75) is 13.0 Å². The molecule has 6 nitrogen and oxygen atoms in total. The van der Waals surface area contributed by atoms with Crippen LogP contribution in [0, 0.1) is 0 Å². The Labute approximate surface area is 200 Å². The Morgan fingerprint density at radius 2 is 1.70 bits per heavy atom. The van der Waals surface area contributed by atoms with Gasteiger partial charge in [0.2, 0.25) is 5.95 Å². The molecule has 164 valence electrons. The second kappa shape index (κ2) is 8.73. The van der Waals surface area contributed by atoms with Gasteiger partial charge in [-0.2, -0.15) is 4.98 Å². The van der Waals surface area contributed by atoms with Gasteiger partial charge in [0.1, 0.15) is 6.04 Å². The van der Waals surface area contributed by atoms with E-state index in [1.165, 1.54) is 0 Å². The van der Waals surface area contributed by atoms with E-state index in [2.05, 4.69) is 15.6 Å². The second-order valence-electron chi connectivity index (χ2n) is 7.62. The zero-order valence-corrected chi connectivity index (χ0v) is 19.1. The first-order chi connectivity index (χ1) is 16.0. The van der Waals surface area contributed by atoms with E-state index in [9.17, 15) is 4.79 Å². The monoisotopic (exact) mass is 475 g/mol. The highest BCUT2D eigenvalue weighted by Crippen LogP contribution is 2.40. The number of fused-ring (bicyclic) bond motifs is 1. The molecular weight excluding hydrogens is 457 g/mol. The molecule has 2 heterocycles. The van der Waals surface area contributed by atoms with E-state index in [0.717, 1.165) is 5.56 Å². The van der Waals surface area contributed by atoms with Crippen LogP contribution in [0.2, 0.25) is 10.0 Å². The number of anilines is 2. The van der Waals surface area contributed by atoms with Gasteiger partial charge in [-0.25, -0.2) is 4.68 Å². The van der Waals surface area contributed by atoms with E-state index in [1.54, 1.807) is 16.8 Å². The van der Waals surface area contributed by atoms with Crippen molar-refractivity contribution in [2.75, 3.05) is 10.6 Å². The standard InChI is InChI=1S/C25H19Cl2N5O/c1-15-21(24(33)29-18-10-6-3-7-11-18)22(19-13-12-17(26)14-20(19)27)32-25(28-15)30-23(31-32)16-8-4-2-5-9-16/h2-14,22H,1H3,(H,29,33)(H,28,30,31)/t22-/m1/s1. The number of carbonyl (C=O) groups is 1. The summed E-state index contributed by atoms with van der Waals surface area (Å²) in [6, 6.07) is 23.6. The largest absolute Gasteiger partial charge is 0.328 e. The van der Waals surface area contributed by atoms with Gasteiger partial charge in [-0.3, -0.25) is 4.79 Å². The molecule has 5 rings (SSSR count). The Bertz CT molecular complexity index is 1370. The Balaban J connectivity index is 1.64. The SMILES string of the molecule is CC1=C(C(=O)Nc2ccccc2)[C@@H](c2ccc(Cl)cc2Cl)n2nc(-c3ccccc3)nc2N1. The number of amides is 1. The van der Waals surface area contributed by atoms with E-state index in [0.29, 0.717) is 44.3 Å². The number of hydrogen-bond acceptors (Lipinski definition) is 4. The summed E-state index contributed by atoms with van der Waals surface area (Å²) in [5.74, 6) is 0.814. The van der Waals surface area contributed by atoms with Crippen LogP contribution in [0.15, 0.2) is 90.1 Å². The van der Waals surface area contributed by atoms with Gasteiger partial charge in [0.05, 0.1) is 5.57 Å². The quantitative estimate of drug-likeness (QED) is 0.369. The van der Waals surface area contributed by atoms with Crippen molar-refractivity contribution in [1.82, 2.24) is 14.8 Å². The lowest BCUT2D eigenvalue weighted by Crippen LogP contribution is -2.31. The van der Waals surface area contributed by atoms with E-state index in [1.807, 2.05) is 73.7 Å². The molecule has 3 aromatic carbocycles. The van der Waals surface area contributed by atoms with Crippen molar-refractivity contribution in [3.63, 3.8) is 0 Å². The van der Waals surface area contributed by atoms with Gasteiger partial charge in [-0.05, 0) is 31.2 Å². The lowest BCUT2D eigenvalue weighted by Gasteiger charge is -2.29. The number of carbonyl (C=O) groups excluding carboxylic acids is 1. The molecule has 1 aliphatic heterocycles. The third kappa shape index (κ3) is 4.11. The molecule has 8 heteroatoms. The second-order valence-corrected chi connectivity index (χ2v) is 8.47. The molecule has 2 N–H and O–H groups in total. The summed E-state index contributed by atoms with van der Waals surface area (Å²) < 4.78 is 1.70. The number of hydrogen-bond donors (Lipinski definition) is 2. The number of para-hydroxylation sites is 1. The van der Waals surface area contributed by atoms with Gasteiger partial charge in [0.15, 0.2) is 5.82 Å². The maximum absolute atomic E-state index is 13.5. The van der Waals surface area contributed by atoms with Crippen LogP contribution >= 0.6 is 23.2 Å². The molecule has 0 radical (unpaired) electrons. The number of benzene rings is 3. The van der Waals surface area contributed by atoms with Crippen molar-refractivity contribution in [3.05, 3.63) is 106 Å². The Morgan fingerprint density at radius 3 is 2.39 bits per heavy atom. The van der Waals surface area contributed by atoms with Crippen molar-refractivity contribution < 1.29 is 4.79 Å². The predicted octanol–water partition coefficient (Wildman–Crippen LogP) is 6.18. The normalized spacial score (nSPS) is 15.1. The Morgan fingerprint density at radius 1 is 1.00 bits per heavy atom. The van der Waals surface area contributed by atoms with Crippen LogP contribution in [-0.2, 0) is 4.79 Å². The average Bonchev–Trinajstić information content (AvgIpc) is 3.23. The fourth-order valence-electron chi connectivity index (χ4n) is 3.89. The van der Waals surface area contributed by atoms with Crippen molar-refractivity contribution in [2.24, 2.45) is 0 Å². The van der Waals surface area contributed by atoms with Crippen molar-refractivity contribution in [1.29, 1.82) is 0 Å². The van der Waals surface area contributed by atoms with E-state index in [4.69, 9.17) is 28.3 Å². The Hall–Kier alpha value is -3.61. The maximum Gasteiger partial charge on any atom is 0.255 e. The van der Waals surface area contributed by atoms with Crippen LogP contribution < -0.4 is 10.6 Å². The number of nitrogens with one attached hydrogen (secondary N) is 2. The minimum Gasteiger partial charge on any atom is -0.328 e. The smallest absolute Gasteiger partial charge is 0.255 e. The number of halogens is 2. The van der Waals surface area contributed by atoms with Crippen molar-refractivity contribution >= 4 is 40.7 Å². The molecule has 1 aromatic heterocycles. The fraction of sp³-hybridized carbons (Fsp3) is 0.0800. The van der Waals surface area contributed by atoms with Crippen LogP contribution in [0.1, 0.15) is 18.5 Å². The summed E-state index contributed by atoms with van der Waals surface area (Å²) in [6.07, 6.45) is 0. The summed E-state index contributed by atoms with van der Waals surface area (Å²) in [4.78, 5) is 18.2. The molecular formula is C25H19Cl2N5O. The highest BCUT2D eigenvalue weighted by Gasteiger charge is 2.35. The molecule has 1 atom stereocenters. The fourth-order valence-corrected chi connectivity index (χ4v) is 4.40. The van der Waals surface area contributed by atoms with Crippen LogP contribution in [-0.4, -0.2) is 20.7 Å². The molecule has 0 unspecified atom stereocenters. The summed E-state index contributed by atoms with van der Waals surface area (Å²) in [5.41, 5.74) is 3.41. The van der Waals surface area contributed by atoms with E-state index >= 15 is 0 Å². The number of rotatable bonds is 4. The van der Waals surface area contributed by atoms with Gasteiger partial charge < -0.3 is 10.6 Å². The van der Waals surface area contributed by atoms with Gasteiger partial charge in [-0.15, -0.1) is 5.10 Å². The molecule has 1 aliphatic rings. The molecule has 4 aromatic rings. The first kappa shape index (κ1) is 21.2. The molecule has 33 heavy (non-hydrogen) atoms. The first-order valence-corrected chi connectivity index (χ1v) is 11.1. The topological polar surface area (TPSA) is 71.8 Å². The zero-order valence-electron chi connectivity index (χ0n) is 17.6. The molecule has 0 spiro atoms. The molecule has 1 amide bonds. The van der Waals surface area contributed by atoms with Gasteiger partial charge in [-0.1, -0.05) is 77.8 Å². The highest BCUT2D eigenvalue weighted by molar-refractivity contribution is 6.35. The van der Waals surface area contributed by atoms with Crippen molar-refractivity contribution in [3.8, 4) is 11.4 Å². The predicted molar refractivity (Wildman–Crippen MR) is 131 cm³/mol. The van der Waals surface area contributed by atoms with Gasteiger partial charge in [0, 0.05) is 32.6 Å². The van der Waals surface area contributed by atoms with E-state index in [-0.39, 0.29) is 5.91 Å². The minimum absolute atomic E-state index is 0.260. The van der Waals surface area contributed by atoms with Crippen LogP contribution in [0.3, 0.4) is 0 Å². The molecule has 0 saturated carbocycles. The maximum atomic E-state index is 13.5. The lowest BCUT2D eigenvalue weighted by atomic mass is 9.95. The Kier molecular flexibility index (Phi) is 5.62. The zero-order chi connectivity index (χ0) is 22.9. The van der Waals surface area contributed by atoms with E-state index < -0.39 is 6.04 Å². The minimum atomic E-state index is -0.598. The van der Waals surface area contributed by atoms with Gasteiger partial charge >= 0.3 is 0 Å². The van der Waals surface area contributed by atoms with Crippen LogP contribution in [0.25, 0.3) is 11.4 Å². The van der Waals surface area contributed by atoms with Crippen LogP contribution in [0.4, 0.5) is 11.6 Å². The third-order valence-corrected chi connectivity index (χ3v) is 5.98. The summed E-state index contributed by atoms with van der Waals surface area (Å²) in [7, 11) is 0. The first-order valence-electron chi connectivity index (χ1n) is 10.3. The summed E-state index contributed by atoms with van der Waals surface area (Å²) >= 11 is 12.8. The lowest BCUT2D eigenvalue weighted by molar-refractivity contribution is -0.113. The van der Waals surface area contributed by atoms with Gasteiger partial charge in [0.25, 0.3) is 5.91 Å². The number of nitrogens with zero attached hydrogens (tertiary/aromatic N) is 3. The number of aromatic nitrogens is 3. The third-order valence-electron chi connectivity index (χ3n) is 5.42. The molecule has 0 bridgehead atoms. The highest BCUT2D eigenvalue weighted by atomic mass is 35.5. The van der Waals surface area contributed by atoms with Crippen LogP contribution in [0.5, 0.6) is 0 Å². The summed E-state index contributed by atoms with van der Waals surface area (Å²) in [5, 5.41) is 11.9. The molecule has 0 fully saturated rings. The summed E-state index contributed by atoms with van der Waals surface area (Å²) in [6.45, 7) is 1.84. The average molecular weight is 476 g/mol. The number of allylic oxidation sites excluding steroid dienone is 1. The molecule has 0 saturated heterocycles.